The van der Waals surface area contributed by atoms with Gasteiger partial charge in [-0.3, -0.25) is 14.4 Å². The summed E-state index contributed by atoms with van der Waals surface area (Å²) in [6, 6.07) is 0. The summed E-state index contributed by atoms with van der Waals surface area (Å²) < 4.78 is 0. The zero-order valence-corrected chi connectivity index (χ0v) is 13.5. The van der Waals surface area contributed by atoms with Crippen molar-refractivity contribution < 1.29 is 14.4 Å². The van der Waals surface area contributed by atoms with Gasteiger partial charge in [-0.05, 0) is 32.9 Å². The fourth-order valence-corrected chi connectivity index (χ4v) is 5.24. The lowest BCUT2D eigenvalue weighted by Crippen LogP contribution is -2.70. The first-order valence-corrected chi connectivity index (χ1v) is 7.51. The minimum absolute atomic E-state index is 0.0132. The van der Waals surface area contributed by atoms with Crippen LogP contribution in [0, 0.1) is 28.1 Å². The molecule has 0 aromatic carbocycles. The molecule has 3 nitrogen and oxygen atoms in total. The highest BCUT2D eigenvalue weighted by molar-refractivity contribution is 6.14. The Kier molecular flexibility index (Phi) is 2.49. The van der Waals surface area contributed by atoms with Crippen LogP contribution in [0.15, 0.2) is 23.3 Å². The molecule has 0 amide bonds. The summed E-state index contributed by atoms with van der Waals surface area (Å²) in [4.78, 5) is 38.3. The van der Waals surface area contributed by atoms with Crippen LogP contribution in [0.4, 0.5) is 0 Å². The lowest BCUT2D eigenvalue weighted by molar-refractivity contribution is -0.174. The smallest absolute Gasteiger partial charge is 0.160 e. The van der Waals surface area contributed by atoms with Crippen LogP contribution in [0.1, 0.15) is 41.5 Å². The van der Waals surface area contributed by atoms with Crippen molar-refractivity contribution in [2.45, 2.75) is 41.5 Å². The average molecular weight is 286 g/mol. The van der Waals surface area contributed by atoms with Crippen molar-refractivity contribution in [3.8, 4) is 0 Å². The fourth-order valence-electron chi connectivity index (χ4n) is 5.24. The van der Waals surface area contributed by atoms with Gasteiger partial charge in [0.05, 0.1) is 5.41 Å². The number of carbonyl (C=O) groups is 3. The highest BCUT2D eigenvalue weighted by atomic mass is 16.1. The number of hydrogen-bond acceptors (Lipinski definition) is 3. The van der Waals surface area contributed by atoms with Crippen LogP contribution in [0.3, 0.4) is 0 Å². The van der Waals surface area contributed by atoms with Crippen molar-refractivity contribution in [3.63, 3.8) is 0 Å². The first-order chi connectivity index (χ1) is 9.52. The molecule has 2 bridgehead atoms. The minimum Gasteiger partial charge on any atom is -0.298 e. The summed E-state index contributed by atoms with van der Waals surface area (Å²) >= 11 is 0. The SMILES string of the molecule is CC1=C(C)[C@]2(C)[C@H]3C(=O)C=CC(=O)[C@@H]3[C@]1(C)C(=O)C2(C)C. The molecule has 1 fully saturated rings. The van der Waals surface area contributed by atoms with Crippen molar-refractivity contribution in [1.82, 2.24) is 0 Å². The molecule has 4 atom stereocenters. The van der Waals surface area contributed by atoms with Crippen LogP contribution in [0.25, 0.3) is 0 Å². The molecule has 3 heteroatoms. The minimum atomic E-state index is -0.854. The number of Topliss-reactive ketones (excluding diaryl/α,β-unsaturated/α-hetero) is 1. The third-order valence-electron chi connectivity index (χ3n) is 7.06. The van der Waals surface area contributed by atoms with Gasteiger partial charge in [0, 0.05) is 22.7 Å². The lowest BCUT2D eigenvalue weighted by atomic mass is 9.34. The zero-order chi connectivity index (χ0) is 16.0. The van der Waals surface area contributed by atoms with E-state index in [-0.39, 0.29) is 17.3 Å². The Balaban J connectivity index is 2.45. The second-order valence-corrected chi connectivity index (χ2v) is 7.70. The van der Waals surface area contributed by atoms with Crippen LogP contribution >= 0.6 is 0 Å². The largest absolute Gasteiger partial charge is 0.298 e. The van der Waals surface area contributed by atoms with Gasteiger partial charge in [0.25, 0.3) is 0 Å². The normalized spacial score (nSPS) is 44.4. The number of fused-ring (bicyclic) bond motifs is 1. The van der Waals surface area contributed by atoms with E-state index in [1.165, 1.54) is 12.2 Å². The molecule has 0 saturated heterocycles. The topological polar surface area (TPSA) is 51.2 Å². The quantitative estimate of drug-likeness (QED) is 0.643. The first-order valence-electron chi connectivity index (χ1n) is 7.51. The van der Waals surface area contributed by atoms with Gasteiger partial charge in [0.15, 0.2) is 11.6 Å². The van der Waals surface area contributed by atoms with Crippen molar-refractivity contribution in [3.05, 3.63) is 23.3 Å². The Morgan fingerprint density at radius 2 is 1.29 bits per heavy atom. The second-order valence-electron chi connectivity index (χ2n) is 7.70. The maximum atomic E-state index is 13.2. The summed E-state index contributed by atoms with van der Waals surface area (Å²) in [5.41, 5.74) is -0.00535. The van der Waals surface area contributed by atoms with Gasteiger partial charge >= 0.3 is 0 Å². The first kappa shape index (κ1) is 14.4. The molecule has 0 N–H and O–H groups in total. The molecular weight excluding hydrogens is 264 g/mol. The zero-order valence-electron chi connectivity index (χ0n) is 13.5. The summed E-state index contributed by atoms with van der Waals surface area (Å²) in [5.74, 6) is -0.955. The second kappa shape index (κ2) is 3.63. The van der Waals surface area contributed by atoms with Gasteiger partial charge < -0.3 is 0 Å². The molecule has 4 aliphatic rings. The molecule has 112 valence electrons. The van der Waals surface area contributed by atoms with Gasteiger partial charge in [-0.15, -0.1) is 0 Å². The molecule has 0 heterocycles. The van der Waals surface area contributed by atoms with Crippen LogP contribution in [0.5, 0.6) is 0 Å². The van der Waals surface area contributed by atoms with E-state index in [0.717, 1.165) is 11.1 Å². The van der Waals surface area contributed by atoms with Crippen molar-refractivity contribution in [2.24, 2.45) is 28.1 Å². The van der Waals surface area contributed by atoms with Gasteiger partial charge in [-0.2, -0.15) is 0 Å². The fraction of sp³-hybridized carbons (Fsp3) is 0.611. The van der Waals surface area contributed by atoms with Crippen molar-refractivity contribution >= 4 is 17.3 Å². The highest BCUT2D eigenvalue weighted by Gasteiger charge is 2.73. The van der Waals surface area contributed by atoms with E-state index < -0.39 is 28.1 Å². The number of carbonyl (C=O) groups excluding carboxylic acids is 3. The molecule has 21 heavy (non-hydrogen) atoms. The van der Waals surface area contributed by atoms with Crippen LogP contribution < -0.4 is 0 Å². The lowest BCUT2D eigenvalue weighted by Gasteiger charge is -2.65. The number of hydrogen-bond donors (Lipinski definition) is 0. The maximum Gasteiger partial charge on any atom is 0.160 e. The van der Waals surface area contributed by atoms with E-state index in [0.29, 0.717) is 0 Å². The van der Waals surface area contributed by atoms with E-state index in [4.69, 9.17) is 0 Å². The Morgan fingerprint density at radius 3 is 1.81 bits per heavy atom. The van der Waals surface area contributed by atoms with E-state index in [1.54, 1.807) is 0 Å². The molecule has 4 rings (SSSR count). The maximum absolute atomic E-state index is 13.2. The Hall–Kier alpha value is -1.51. The third-order valence-corrected chi connectivity index (χ3v) is 7.06. The third kappa shape index (κ3) is 1.21. The van der Waals surface area contributed by atoms with Gasteiger partial charge in [-0.1, -0.05) is 31.9 Å². The highest BCUT2D eigenvalue weighted by Crippen LogP contribution is 2.70. The van der Waals surface area contributed by atoms with Gasteiger partial charge in [0.1, 0.15) is 5.78 Å². The van der Waals surface area contributed by atoms with E-state index in [9.17, 15) is 14.4 Å². The molecule has 0 aliphatic heterocycles. The Bertz CT molecular complexity index is 664. The van der Waals surface area contributed by atoms with Gasteiger partial charge in [-0.25, -0.2) is 0 Å². The summed E-state index contributed by atoms with van der Waals surface area (Å²) in [6.07, 6.45) is 2.77. The van der Waals surface area contributed by atoms with E-state index in [1.807, 2.05) is 41.5 Å². The average Bonchev–Trinajstić information content (AvgIpc) is 2.42. The van der Waals surface area contributed by atoms with Crippen LogP contribution in [0.2, 0.25) is 0 Å². The predicted molar refractivity (Wildman–Crippen MR) is 79.5 cm³/mol. The molecule has 0 spiro atoms. The molecule has 4 aliphatic carbocycles. The molecule has 0 unspecified atom stereocenters. The Labute approximate surface area is 125 Å². The molecule has 0 aromatic heterocycles. The predicted octanol–water partition coefficient (Wildman–Crippen LogP) is 2.90. The van der Waals surface area contributed by atoms with E-state index >= 15 is 0 Å². The van der Waals surface area contributed by atoms with Crippen LogP contribution in [-0.4, -0.2) is 17.3 Å². The number of allylic oxidation sites excluding steroid dienone is 4. The summed E-state index contributed by atoms with van der Waals surface area (Å²) in [7, 11) is 0. The Morgan fingerprint density at radius 1 is 0.810 bits per heavy atom. The summed E-state index contributed by atoms with van der Waals surface area (Å²) in [5, 5.41) is 0. The van der Waals surface area contributed by atoms with E-state index in [2.05, 4.69) is 0 Å². The molecular formula is C18H22O3. The van der Waals surface area contributed by atoms with Crippen LogP contribution in [-0.2, 0) is 14.4 Å². The molecule has 0 aromatic rings. The molecule has 1 saturated carbocycles. The standard InChI is InChI=1S/C18H22O3/c1-9-10(2)18(6)14-12(20)8-7-11(19)13(14)17(9,5)15(21)16(18,3)4/h7-8,13-14H,1-6H3/t13-,14-,17+,18+/m0/s1. The monoisotopic (exact) mass is 286 g/mol. The number of rotatable bonds is 0. The van der Waals surface area contributed by atoms with Crippen molar-refractivity contribution in [2.75, 3.05) is 0 Å². The molecule has 0 radical (unpaired) electrons. The van der Waals surface area contributed by atoms with Crippen molar-refractivity contribution in [1.29, 1.82) is 0 Å². The summed E-state index contributed by atoms with van der Waals surface area (Å²) in [6.45, 7) is 11.7. The number of ketones is 3. The van der Waals surface area contributed by atoms with Gasteiger partial charge in [0.2, 0.25) is 0 Å².